The number of fused-ring (bicyclic) bond motifs is 1. The topological polar surface area (TPSA) is 43.8 Å². The molecule has 2 N–H and O–H groups in total. The second-order valence-corrected chi connectivity index (χ2v) is 5.60. The molecule has 0 aliphatic carbocycles. The Hall–Kier alpha value is -1.72. The minimum absolute atomic E-state index is 0.287. The third-order valence-electron chi connectivity index (χ3n) is 3.56. The van der Waals surface area contributed by atoms with E-state index in [0.29, 0.717) is 11.0 Å². The highest BCUT2D eigenvalue weighted by molar-refractivity contribution is 9.10. The van der Waals surface area contributed by atoms with E-state index in [2.05, 4.69) is 32.4 Å². The molecule has 0 amide bonds. The van der Waals surface area contributed by atoms with E-state index in [1.807, 2.05) is 24.3 Å². The molecule has 3 rings (SSSR count). The van der Waals surface area contributed by atoms with Gasteiger partial charge in [0.2, 0.25) is 0 Å². The first-order valence-corrected chi connectivity index (χ1v) is 7.58. The Morgan fingerprint density at radius 3 is 2.81 bits per heavy atom. The first kappa shape index (κ1) is 14.2. The molecule has 0 saturated heterocycles. The van der Waals surface area contributed by atoms with Gasteiger partial charge in [0.05, 0.1) is 15.5 Å². The maximum Gasteiger partial charge on any atom is 0.142 e. The average molecular weight is 348 g/mol. The molecular weight excluding hydrogens is 333 g/mol. The molecule has 0 bridgehead atoms. The first-order chi connectivity index (χ1) is 10.2. The summed E-state index contributed by atoms with van der Waals surface area (Å²) in [5.41, 5.74) is 9.38. The molecule has 3 aromatic rings. The van der Waals surface area contributed by atoms with Crippen molar-refractivity contribution < 1.29 is 4.39 Å². The van der Waals surface area contributed by atoms with Crippen molar-refractivity contribution in [3.05, 3.63) is 52.3 Å². The summed E-state index contributed by atoms with van der Waals surface area (Å²) in [6, 6.07) is 11.0. The molecule has 0 unspecified atom stereocenters. The predicted octanol–water partition coefficient (Wildman–Crippen LogP) is 4.08. The lowest BCUT2D eigenvalue weighted by atomic mass is 10.2. The molecule has 0 aliphatic heterocycles. The smallest absolute Gasteiger partial charge is 0.142 e. The van der Waals surface area contributed by atoms with Crippen LogP contribution in [0.1, 0.15) is 12.5 Å². The van der Waals surface area contributed by atoms with E-state index < -0.39 is 0 Å². The Bertz CT molecular complexity index is 811. The van der Waals surface area contributed by atoms with Gasteiger partial charge in [0, 0.05) is 18.7 Å². The summed E-state index contributed by atoms with van der Waals surface area (Å²) < 4.78 is 16.3. The average Bonchev–Trinajstić information content (AvgIpc) is 2.87. The van der Waals surface area contributed by atoms with E-state index in [1.165, 1.54) is 6.07 Å². The van der Waals surface area contributed by atoms with Crippen molar-refractivity contribution in [2.45, 2.75) is 20.0 Å². The zero-order valence-corrected chi connectivity index (χ0v) is 13.2. The molecule has 0 atom stereocenters. The number of nitrogens with zero attached hydrogens (tertiary/aromatic N) is 2. The van der Waals surface area contributed by atoms with Crippen molar-refractivity contribution in [1.82, 2.24) is 9.55 Å². The van der Waals surface area contributed by atoms with E-state index in [4.69, 9.17) is 5.73 Å². The molecule has 1 aromatic heterocycles. The van der Waals surface area contributed by atoms with Gasteiger partial charge in [-0.05, 0) is 52.7 Å². The van der Waals surface area contributed by atoms with Gasteiger partial charge in [0.15, 0.2) is 0 Å². The Labute approximate surface area is 130 Å². The maximum atomic E-state index is 13.8. The first-order valence-electron chi connectivity index (χ1n) is 6.79. The van der Waals surface area contributed by atoms with Gasteiger partial charge in [0.1, 0.15) is 11.6 Å². The SMILES string of the molecule is CCn1c(-c2cccc(F)c2Br)nc2cc(CN)ccc21. The summed E-state index contributed by atoms with van der Waals surface area (Å²) in [6.45, 7) is 3.29. The van der Waals surface area contributed by atoms with E-state index in [-0.39, 0.29) is 5.82 Å². The summed E-state index contributed by atoms with van der Waals surface area (Å²) in [7, 11) is 0. The molecule has 21 heavy (non-hydrogen) atoms. The fourth-order valence-electron chi connectivity index (χ4n) is 2.50. The van der Waals surface area contributed by atoms with Gasteiger partial charge in [-0.15, -0.1) is 0 Å². The predicted molar refractivity (Wildman–Crippen MR) is 86.4 cm³/mol. The Kier molecular flexibility index (Phi) is 3.78. The highest BCUT2D eigenvalue weighted by Gasteiger charge is 2.15. The third-order valence-corrected chi connectivity index (χ3v) is 4.36. The number of benzene rings is 2. The fourth-order valence-corrected chi connectivity index (χ4v) is 2.95. The Morgan fingerprint density at radius 2 is 2.10 bits per heavy atom. The summed E-state index contributed by atoms with van der Waals surface area (Å²) in [4.78, 5) is 4.68. The number of aryl methyl sites for hydroxylation is 1. The van der Waals surface area contributed by atoms with Gasteiger partial charge in [-0.1, -0.05) is 12.1 Å². The van der Waals surface area contributed by atoms with E-state index in [9.17, 15) is 4.39 Å². The van der Waals surface area contributed by atoms with Gasteiger partial charge >= 0.3 is 0 Å². The minimum atomic E-state index is -0.287. The molecule has 108 valence electrons. The van der Waals surface area contributed by atoms with E-state index in [1.54, 1.807) is 6.07 Å². The Morgan fingerprint density at radius 1 is 1.29 bits per heavy atom. The van der Waals surface area contributed by atoms with Crippen molar-refractivity contribution in [2.24, 2.45) is 5.73 Å². The zero-order chi connectivity index (χ0) is 15.0. The molecule has 0 aliphatic rings. The summed E-state index contributed by atoms with van der Waals surface area (Å²) in [6.07, 6.45) is 0. The van der Waals surface area contributed by atoms with Crippen LogP contribution in [0.4, 0.5) is 4.39 Å². The lowest BCUT2D eigenvalue weighted by Gasteiger charge is -2.08. The lowest BCUT2D eigenvalue weighted by molar-refractivity contribution is 0.621. The van der Waals surface area contributed by atoms with Crippen molar-refractivity contribution in [3.8, 4) is 11.4 Å². The van der Waals surface area contributed by atoms with Crippen LogP contribution in [0, 0.1) is 5.82 Å². The molecule has 0 spiro atoms. The van der Waals surface area contributed by atoms with Crippen LogP contribution in [-0.4, -0.2) is 9.55 Å². The largest absolute Gasteiger partial charge is 0.326 e. The second-order valence-electron chi connectivity index (χ2n) is 4.81. The summed E-state index contributed by atoms with van der Waals surface area (Å²) >= 11 is 3.32. The number of halogens is 2. The quantitative estimate of drug-likeness (QED) is 0.775. The van der Waals surface area contributed by atoms with Crippen LogP contribution in [0.25, 0.3) is 22.4 Å². The molecule has 0 radical (unpaired) electrons. The molecular formula is C16H15BrFN3. The van der Waals surface area contributed by atoms with Crippen LogP contribution in [0.15, 0.2) is 40.9 Å². The monoisotopic (exact) mass is 347 g/mol. The normalized spacial score (nSPS) is 11.2. The number of rotatable bonds is 3. The standard InChI is InChI=1S/C16H15BrFN3/c1-2-21-14-7-6-10(9-19)8-13(14)20-16(21)11-4-3-5-12(18)15(11)17/h3-8H,2,9,19H2,1H3. The second kappa shape index (κ2) is 5.58. The van der Waals surface area contributed by atoms with Gasteiger partial charge in [-0.3, -0.25) is 0 Å². The van der Waals surface area contributed by atoms with Crippen molar-refractivity contribution in [1.29, 1.82) is 0 Å². The third kappa shape index (κ3) is 2.36. The zero-order valence-electron chi connectivity index (χ0n) is 11.6. The molecule has 5 heteroatoms. The van der Waals surface area contributed by atoms with Crippen LogP contribution in [0.3, 0.4) is 0 Å². The fraction of sp³-hybridized carbons (Fsp3) is 0.188. The number of hydrogen-bond donors (Lipinski definition) is 1. The highest BCUT2D eigenvalue weighted by atomic mass is 79.9. The van der Waals surface area contributed by atoms with Crippen LogP contribution >= 0.6 is 15.9 Å². The summed E-state index contributed by atoms with van der Waals surface area (Å²) in [5, 5.41) is 0. The van der Waals surface area contributed by atoms with Crippen molar-refractivity contribution in [2.75, 3.05) is 0 Å². The minimum Gasteiger partial charge on any atom is -0.326 e. The van der Waals surface area contributed by atoms with Crippen LogP contribution in [-0.2, 0) is 13.1 Å². The molecule has 2 aromatic carbocycles. The maximum absolute atomic E-state index is 13.8. The number of hydrogen-bond acceptors (Lipinski definition) is 2. The van der Waals surface area contributed by atoms with Gasteiger partial charge < -0.3 is 10.3 Å². The van der Waals surface area contributed by atoms with E-state index >= 15 is 0 Å². The molecule has 1 heterocycles. The lowest BCUT2D eigenvalue weighted by Crippen LogP contribution is -1.99. The number of aromatic nitrogens is 2. The van der Waals surface area contributed by atoms with Crippen molar-refractivity contribution >= 4 is 27.0 Å². The summed E-state index contributed by atoms with van der Waals surface area (Å²) in [5.74, 6) is 0.470. The van der Waals surface area contributed by atoms with Crippen LogP contribution < -0.4 is 5.73 Å². The van der Waals surface area contributed by atoms with Gasteiger partial charge in [-0.25, -0.2) is 9.37 Å². The van der Waals surface area contributed by atoms with Crippen LogP contribution in [0.5, 0.6) is 0 Å². The number of imidazole rings is 1. The Balaban J connectivity index is 2.29. The molecule has 0 saturated carbocycles. The number of nitrogens with two attached hydrogens (primary N) is 1. The van der Waals surface area contributed by atoms with Crippen LogP contribution in [0.2, 0.25) is 0 Å². The van der Waals surface area contributed by atoms with Crippen molar-refractivity contribution in [3.63, 3.8) is 0 Å². The molecule has 3 nitrogen and oxygen atoms in total. The van der Waals surface area contributed by atoms with Gasteiger partial charge in [0.25, 0.3) is 0 Å². The van der Waals surface area contributed by atoms with Gasteiger partial charge in [-0.2, -0.15) is 0 Å². The molecule has 0 fully saturated rings. The highest BCUT2D eigenvalue weighted by Crippen LogP contribution is 2.32. The van der Waals surface area contributed by atoms with E-state index in [0.717, 1.165) is 34.5 Å².